The monoisotopic (exact) mass is 707 g/mol. The number of ether oxygens (including phenoxy) is 2. The molecule has 2 heterocycles. The van der Waals surface area contributed by atoms with Gasteiger partial charge in [-0.3, -0.25) is 13.9 Å². The number of hydrogen-bond acceptors (Lipinski definition) is 9. The van der Waals surface area contributed by atoms with E-state index in [9.17, 15) is 18.7 Å². The normalized spacial score (nSPS) is 21.9. The van der Waals surface area contributed by atoms with Crippen LogP contribution < -0.4 is 14.8 Å². The van der Waals surface area contributed by atoms with Gasteiger partial charge in [-0.25, -0.2) is 14.5 Å². The van der Waals surface area contributed by atoms with E-state index in [-0.39, 0.29) is 52.8 Å². The van der Waals surface area contributed by atoms with Crippen LogP contribution in [0.15, 0.2) is 53.4 Å². The molecule has 4 bridgehead atoms. The van der Waals surface area contributed by atoms with E-state index in [1.807, 2.05) is 57.7 Å². The third-order valence-corrected chi connectivity index (χ3v) is 10.5. The van der Waals surface area contributed by atoms with E-state index < -0.39 is 22.5 Å². The number of fused-ring (bicyclic) bond motifs is 4. The predicted molar refractivity (Wildman–Crippen MR) is 198 cm³/mol. The van der Waals surface area contributed by atoms with Crippen molar-refractivity contribution < 1.29 is 28.2 Å². The van der Waals surface area contributed by atoms with E-state index in [2.05, 4.69) is 42.7 Å². The van der Waals surface area contributed by atoms with Crippen molar-refractivity contribution in [1.29, 1.82) is 0 Å². The van der Waals surface area contributed by atoms with Crippen LogP contribution >= 0.6 is 10.8 Å². The van der Waals surface area contributed by atoms with Gasteiger partial charge in [0.2, 0.25) is 11.8 Å². The first kappa shape index (κ1) is 37.4. The number of nitrogens with zero attached hydrogens (tertiary/aromatic N) is 3. The first-order valence-corrected chi connectivity index (χ1v) is 18.9. The molecule has 1 aliphatic carbocycles. The Bertz CT molecular complexity index is 1690. The van der Waals surface area contributed by atoms with Gasteiger partial charge in [0, 0.05) is 29.3 Å². The molecule has 2 amide bonds. The van der Waals surface area contributed by atoms with E-state index in [1.54, 1.807) is 24.3 Å². The highest BCUT2D eigenvalue weighted by atomic mass is 32.3. The summed E-state index contributed by atoms with van der Waals surface area (Å²) in [5.41, 5.74) is 3.13. The Balaban J connectivity index is 1.50. The summed E-state index contributed by atoms with van der Waals surface area (Å²) in [5.74, 6) is 0.345. The molecule has 4 N–H and O–H groups in total. The quantitative estimate of drug-likeness (QED) is 0.198. The first-order valence-electron chi connectivity index (χ1n) is 17.3. The molecule has 1 aromatic heterocycles. The maximum Gasteiger partial charge on any atom is 0.407 e. The van der Waals surface area contributed by atoms with Crippen LogP contribution in [0.4, 0.5) is 10.7 Å². The summed E-state index contributed by atoms with van der Waals surface area (Å²) in [7, 11) is -3.67. The molecule has 0 unspecified atom stereocenters. The lowest BCUT2D eigenvalue weighted by Gasteiger charge is -2.43. The molecule has 0 spiro atoms. The molecule has 272 valence electrons. The molecule has 0 saturated heterocycles. The number of nitrogens with one attached hydrogen (secondary N) is 2. The first-order chi connectivity index (χ1) is 23.3. The summed E-state index contributed by atoms with van der Waals surface area (Å²) in [6, 6.07) is 13.7. The van der Waals surface area contributed by atoms with E-state index in [1.165, 1.54) is 6.07 Å². The summed E-state index contributed by atoms with van der Waals surface area (Å²) >= 11 is 0. The molecule has 5 rings (SSSR count). The van der Waals surface area contributed by atoms with E-state index in [0.717, 1.165) is 36.0 Å². The highest BCUT2D eigenvalue weighted by molar-refractivity contribution is 8.25. The second-order valence-corrected chi connectivity index (χ2v) is 17.8. The van der Waals surface area contributed by atoms with E-state index in [0.29, 0.717) is 23.6 Å². The molecular formula is C38H53N5O6S. The van der Waals surface area contributed by atoms with Gasteiger partial charge >= 0.3 is 6.09 Å². The Hall–Kier alpha value is -3.87. The standard InChI is InChI=1S/C38H53N5O6S/c1-23-12-10-13-24(2)33(23)31-20-32-41-35(40-31)42-50(46,47)30-15-11-14-27(19-30)34(44)43(29(22-48-32)21-37(4,5)6)25(3)16-26-17-28(18-26)39-36(45)49-38(7,8)9/h10-15,19-20,25-26,28-29,46-47H,16-18,21-22H2,1-9H3,(H,39,45)(H,40,41,42)/t25-,26?,28?,29+/m0/s1. The molecule has 3 aromatic rings. The number of carbonyl (C=O) groups is 2. The summed E-state index contributed by atoms with van der Waals surface area (Å²) in [5, 5.41) is 2.97. The van der Waals surface area contributed by atoms with Gasteiger partial charge in [0.15, 0.2) is 0 Å². The minimum absolute atomic E-state index is 0.00764. The zero-order valence-electron chi connectivity index (χ0n) is 30.7. The van der Waals surface area contributed by atoms with Crippen molar-refractivity contribution in [2.24, 2.45) is 11.3 Å². The SMILES string of the molecule is Cc1cccc(C)c1-c1cc2nc(n1)NS(O)(O)c1cccc(c1)C(=O)N([C@@H](C)CC1CC(NC(=O)OC(C)(C)C)C1)[C@H](CC(C)(C)C)CO2. The molecule has 2 atom stereocenters. The van der Waals surface area contributed by atoms with Gasteiger partial charge in [-0.05, 0) is 108 Å². The number of anilines is 1. The highest BCUT2D eigenvalue weighted by Crippen LogP contribution is 2.48. The fourth-order valence-electron chi connectivity index (χ4n) is 7.00. The van der Waals surface area contributed by atoms with Crippen LogP contribution in [0.25, 0.3) is 11.3 Å². The zero-order valence-corrected chi connectivity index (χ0v) is 31.6. The third-order valence-electron chi connectivity index (χ3n) is 9.09. The number of aromatic nitrogens is 2. The second kappa shape index (κ2) is 14.4. The van der Waals surface area contributed by atoms with Crippen LogP contribution in [0.3, 0.4) is 0 Å². The van der Waals surface area contributed by atoms with Crippen LogP contribution in [0.2, 0.25) is 0 Å². The van der Waals surface area contributed by atoms with Crippen LogP contribution in [0, 0.1) is 25.2 Å². The van der Waals surface area contributed by atoms with Crippen LogP contribution in [-0.4, -0.2) is 66.3 Å². The Labute approximate surface area is 298 Å². The number of amides is 2. The Morgan fingerprint density at radius 2 is 1.72 bits per heavy atom. The molecule has 2 aliphatic rings. The summed E-state index contributed by atoms with van der Waals surface area (Å²) in [6.45, 7) is 18.2. The predicted octanol–water partition coefficient (Wildman–Crippen LogP) is 8.62. The molecule has 11 nitrogen and oxygen atoms in total. The number of rotatable bonds is 6. The average molecular weight is 708 g/mol. The van der Waals surface area contributed by atoms with Crippen LogP contribution in [-0.2, 0) is 4.74 Å². The summed E-state index contributed by atoms with van der Waals surface area (Å²) in [4.78, 5) is 38.3. The lowest BCUT2D eigenvalue weighted by atomic mass is 9.76. The maximum absolute atomic E-state index is 14.6. The molecule has 1 fully saturated rings. The lowest BCUT2D eigenvalue weighted by molar-refractivity contribution is 0.0312. The average Bonchev–Trinajstić information content (AvgIpc) is 2.96. The minimum Gasteiger partial charge on any atom is -0.475 e. The number of carbonyl (C=O) groups excluding carboxylic acids is 2. The number of hydrogen-bond donors (Lipinski definition) is 4. The number of aryl methyl sites for hydroxylation is 2. The van der Waals surface area contributed by atoms with E-state index >= 15 is 0 Å². The smallest absolute Gasteiger partial charge is 0.407 e. The highest BCUT2D eigenvalue weighted by Gasteiger charge is 2.38. The Kier molecular flexibility index (Phi) is 10.8. The van der Waals surface area contributed by atoms with Gasteiger partial charge in [0.1, 0.15) is 12.2 Å². The molecule has 1 saturated carbocycles. The van der Waals surface area contributed by atoms with E-state index in [4.69, 9.17) is 14.5 Å². The zero-order chi connectivity index (χ0) is 36.6. The molecular weight excluding hydrogens is 655 g/mol. The van der Waals surface area contributed by atoms with Gasteiger partial charge in [0.05, 0.1) is 16.6 Å². The summed E-state index contributed by atoms with van der Waals surface area (Å²) in [6.07, 6.45) is 2.53. The minimum atomic E-state index is -3.67. The van der Waals surface area contributed by atoms with Gasteiger partial charge in [-0.1, -0.05) is 55.8 Å². The van der Waals surface area contributed by atoms with Gasteiger partial charge in [-0.2, -0.15) is 4.98 Å². The fraction of sp³-hybridized carbons (Fsp3) is 0.526. The number of benzene rings is 2. The molecule has 50 heavy (non-hydrogen) atoms. The number of alkyl carbamates (subject to hydrolysis) is 1. The van der Waals surface area contributed by atoms with Crippen molar-refractivity contribution >= 4 is 28.7 Å². The van der Waals surface area contributed by atoms with Crippen molar-refractivity contribution in [3.63, 3.8) is 0 Å². The fourth-order valence-corrected chi connectivity index (χ4v) is 8.02. The maximum atomic E-state index is 14.6. The third kappa shape index (κ3) is 9.26. The molecule has 1 aliphatic heterocycles. The lowest BCUT2D eigenvalue weighted by Crippen LogP contribution is -2.52. The topological polar surface area (TPSA) is 146 Å². The Morgan fingerprint density at radius 1 is 1.06 bits per heavy atom. The van der Waals surface area contributed by atoms with Gasteiger partial charge in [-0.15, -0.1) is 0 Å². The van der Waals surface area contributed by atoms with Gasteiger partial charge < -0.3 is 19.7 Å². The largest absolute Gasteiger partial charge is 0.475 e. The summed E-state index contributed by atoms with van der Waals surface area (Å²) < 4.78 is 37.4. The van der Waals surface area contributed by atoms with Crippen molar-refractivity contribution in [3.8, 4) is 17.1 Å². The molecule has 12 heteroatoms. The Morgan fingerprint density at radius 3 is 2.36 bits per heavy atom. The second-order valence-electron chi connectivity index (χ2n) is 16.1. The van der Waals surface area contributed by atoms with Crippen LogP contribution in [0.5, 0.6) is 5.88 Å². The van der Waals surface area contributed by atoms with Crippen molar-refractivity contribution in [3.05, 3.63) is 65.2 Å². The van der Waals surface area contributed by atoms with Crippen molar-refractivity contribution in [1.82, 2.24) is 20.2 Å². The molecule has 0 radical (unpaired) electrons. The van der Waals surface area contributed by atoms with Crippen molar-refractivity contribution in [2.75, 3.05) is 11.3 Å². The molecule has 2 aromatic carbocycles. The van der Waals surface area contributed by atoms with Crippen molar-refractivity contribution in [2.45, 2.75) is 117 Å². The van der Waals surface area contributed by atoms with Crippen LogP contribution in [0.1, 0.15) is 95.6 Å². The van der Waals surface area contributed by atoms with Gasteiger partial charge in [0.25, 0.3) is 5.91 Å².